The third-order valence-electron chi connectivity index (χ3n) is 2.28. The van der Waals surface area contributed by atoms with Gasteiger partial charge in [-0.05, 0) is 30.5 Å². The highest BCUT2D eigenvalue weighted by atomic mass is 35.5. The number of ether oxygens (including phenoxy) is 1. The van der Waals surface area contributed by atoms with Crippen LogP contribution in [0, 0.1) is 5.92 Å². The highest BCUT2D eigenvalue weighted by Crippen LogP contribution is 2.22. The number of anilines is 1. The van der Waals surface area contributed by atoms with E-state index in [0.717, 1.165) is 25.3 Å². The number of halogens is 2. The molecule has 0 aromatic heterocycles. The summed E-state index contributed by atoms with van der Waals surface area (Å²) >= 11 is 11.8. The van der Waals surface area contributed by atoms with Crippen LogP contribution in [0.2, 0.25) is 10.0 Å². The van der Waals surface area contributed by atoms with Gasteiger partial charge in [-0.15, -0.1) is 0 Å². The number of nitrogens with one attached hydrogen (secondary N) is 1. The van der Waals surface area contributed by atoms with Crippen molar-refractivity contribution in [2.45, 2.75) is 20.3 Å². The molecular weight excluding hydrogens is 257 g/mol. The Labute approximate surface area is 113 Å². The number of hydrogen-bond donors (Lipinski definition) is 1. The highest BCUT2D eigenvalue weighted by Gasteiger charge is 1.98. The Morgan fingerprint density at radius 1 is 1.12 bits per heavy atom. The van der Waals surface area contributed by atoms with E-state index in [1.165, 1.54) is 0 Å². The largest absolute Gasteiger partial charge is 0.383 e. The smallest absolute Gasteiger partial charge is 0.0639 e. The van der Waals surface area contributed by atoms with Gasteiger partial charge in [0, 0.05) is 28.9 Å². The average Bonchev–Trinajstić information content (AvgIpc) is 2.21. The van der Waals surface area contributed by atoms with Gasteiger partial charge in [0.15, 0.2) is 0 Å². The average molecular weight is 276 g/mol. The third kappa shape index (κ3) is 6.77. The summed E-state index contributed by atoms with van der Waals surface area (Å²) in [4.78, 5) is 0. The van der Waals surface area contributed by atoms with Gasteiger partial charge in [0.25, 0.3) is 0 Å². The topological polar surface area (TPSA) is 21.3 Å². The summed E-state index contributed by atoms with van der Waals surface area (Å²) in [5, 5.41) is 4.50. The fourth-order valence-electron chi connectivity index (χ4n) is 1.34. The first-order valence-electron chi connectivity index (χ1n) is 5.85. The summed E-state index contributed by atoms with van der Waals surface area (Å²) in [6, 6.07) is 5.41. The van der Waals surface area contributed by atoms with Gasteiger partial charge >= 0.3 is 0 Å². The zero-order valence-corrected chi connectivity index (χ0v) is 11.8. The van der Waals surface area contributed by atoms with Crippen molar-refractivity contribution in [3.63, 3.8) is 0 Å². The SMILES string of the molecule is CC(C)CCOCCNc1cc(Cl)cc(Cl)c1. The van der Waals surface area contributed by atoms with E-state index in [4.69, 9.17) is 27.9 Å². The third-order valence-corrected chi connectivity index (χ3v) is 2.71. The molecule has 4 heteroatoms. The predicted octanol–water partition coefficient (Wildman–Crippen LogP) is 4.47. The maximum Gasteiger partial charge on any atom is 0.0639 e. The van der Waals surface area contributed by atoms with Gasteiger partial charge < -0.3 is 10.1 Å². The van der Waals surface area contributed by atoms with Gasteiger partial charge in [-0.25, -0.2) is 0 Å². The van der Waals surface area contributed by atoms with Gasteiger partial charge in [0.1, 0.15) is 0 Å². The quantitative estimate of drug-likeness (QED) is 0.742. The van der Waals surface area contributed by atoms with Crippen LogP contribution in [0.1, 0.15) is 20.3 Å². The summed E-state index contributed by atoms with van der Waals surface area (Å²) in [6.07, 6.45) is 1.10. The summed E-state index contributed by atoms with van der Waals surface area (Å²) in [7, 11) is 0. The minimum absolute atomic E-state index is 0.640. The Hall–Kier alpha value is -0.440. The van der Waals surface area contributed by atoms with Crippen molar-refractivity contribution in [3.05, 3.63) is 28.2 Å². The van der Waals surface area contributed by atoms with Crippen LogP contribution in [0.4, 0.5) is 5.69 Å². The zero-order chi connectivity index (χ0) is 12.7. The number of benzene rings is 1. The van der Waals surface area contributed by atoms with Crippen LogP contribution < -0.4 is 5.32 Å². The molecule has 0 unspecified atom stereocenters. The van der Waals surface area contributed by atoms with Crippen molar-refractivity contribution in [1.29, 1.82) is 0 Å². The van der Waals surface area contributed by atoms with Crippen molar-refractivity contribution >= 4 is 28.9 Å². The van der Waals surface area contributed by atoms with Crippen molar-refractivity contribution < 1.29 is 4.74 Å². The zero-order valence-electron chi connectivity index (χ0n) is 10.3. The number of hydrogen-bond acceptors (Lipinski definition) is 2. The molecule has 0 amide bonds. The van der Waals surface area contributed by atoms with Crippen LogP contribution in [-0.2, 0) is 4.74 Å². The lowest BCUT2D eigenvalue weighted by Gasteiger charge is -2.09. The lowest BCUT2D eigenvalue weighted by molar-refractivity contribution is 0.132. The van der Waals surface area contributed by atoms with E-state index >= 15 is 0 Å². The normalized spacial score (nSPS) is 10.9. The first kappa shape index (κ1) is 14.6. The molecule has 0 aliphatic heterocycles. The molecular formula is C13H19Cl2NO. The molecule has 1 rings (SSSR count). The van der Waals surface area contributed by atoms with Crippen LogP contribution in [-0.4, -0.2) is 19.8 Å². The molecule has 0 fully saturated rings. The van der Waals surface area contributed by atoms with Crippen LogP contribution in [0.15, 0.2) is 18.2 Å². The lowest BCUT2D eigenvalue weighted by atomic mass is 10.1. The molecule has 96 valence electrons. The van der Waals surface area contributed by atoms with Crippen molar-refractivity contribution in [3.8, 4) is 0 Å². The minimum Gasteiger partial charge on any atom is -0.383 e. The monoisotopic (exact) mass is 275 g/mol. The van der Waals surface area contributed by atoms with Gasteiger partial charge in [-0.1, -0.05) is 37.0 Å². The second-order valence-corrected chi connectivity index (χ2v) is 5.25. The van der Waals surface area contributed by atoms with E-state index in [1.54, 1.807) is 6.07 Å². The van der Waals surface area contributed by atoms with E-state index in [-0.39, 0.29) is 0 Å². The van der Waals surface area contributed by atoms with Gasteiger partial charge in [-0.2, -0.15) is 0 Å². The van der Waals surface area contributed by atoms with Gasteiger partial charge in [0.05, 0.1) is 6.61 Å². The first-order chi connectivity index (χ1) is 8.08. The maximum atomic E-state index is 5.89. The Kier molecular flexibility index (Phi) is 6.71. The van der Waals surface area contributed by atoms with E-state index < -0.39 is 0 Å². The summed E-state index contributed by atoms with van der Waals surface area (Å²) in [6.45, 7) is 6.65. The molecule has 17 heavy (non-hydrogen) atoms. The summed E-state index contributed by atoms with van der Waals surface area (Å²) in [5.41, 5.74) is 0.926. The molecule has 1 aromatic carbocycles. The van der Waals surface area contributed by atoms with Crippen LogP contribution in [0.5, 0.6) is 0 Å². The molecule has 0 heterocycles. The van der Waals surface area contributed by atoms with Gasteiger partial charge in [-0.3, -0.25) is 0 Å². The molecule has 0 spiro atoms. The fraction of sp³-hybridized carbons (Fsp3) is 0.538. The van der Waals surface area contributed by atoms with Crippen molar-refractivity contribution in [1.82, 2.24) is 0 Å². The Balaban J connectivity index is 2.18. The molecule has 1 N–H and O–H groups in total. The van der Waals surface area contributed by atoms with Crippen molar-refractivity contribution in [2.75, 3.05) is 25.1 Å². The second-order valence-electron chi connectivity index (χ2n) is 4.38. The molecule has 0 radical (unpaired) electrons. The molecule has 0 bridgehead atoms. The molecule has 0 saturated carbocycles. The van der Waals surface area contributed by atoms with Crippen LogP contribution >= 0.6 is 23.2 Å². The van der Waals surface area contributed by atoms with E-state index in [0.29, 0.717) is 22.6 Å². The molecule has 0 atom stereocenters. The van der Waals surface area contributed by atoms with Crippen LogP contribution in [0.25, 0.3) is 0 Å². The molecule has 0 aliphatic carbocycles. The summed E-state index contributed by atoms with van der Waals surface area (Å²) in [5.74, 6) is 0.690. The van der Waals surface area contributed by atoms with E-state index in [1.807, 2.05) is 12.1 Å². The highest BCUT2D eigenvalue weighted by molar-refractivity contribution is 6.35. The molecule has 2 nitrogen and oxygen atoms in total. The predicted molar refractivity (Wildman–Crippen MR) is 75.2 cm³/mol. The molecule has 0 saturated heterocycles. The van der Waals surface area contributed by atoms with Crippen LogP contribution in [0.3, 0.4) is 0 Å². The fourth-order valence-corrected chi connectivity index (χ4v) is 1.87. The Bertz CT molecular complexity index is 322. The lowest BCUT2D eigenvalue weighted by Crippen LogP contribution is -2.10. The van der Waals surface area contributed by atoms with E-state index in [2.05, 4.69) is 19.2 Å². The Morgan fingerprint density at radius 2 is 1.76 bits per heavy atom. The second kappa shape index (κ2) is 7.80. The molecule has 1 aromatic rings. The summed E-state index contributed by atoms with van der Waals surface area (Å²) < 4.78 is 5.50. The molecule has 0 aliphatic rings. The maximum absolute atomic E-state index is 5.89. The van der Waals surface area contributed by atoms with Gasteiger partial charge in [0.2, 0.25) is 0 Å². The van der Waals surface area contributed by atoms with E-state index in [9.17, 15) is 0 Å². The van der Waals surface area contributed by atoms with Crippen molar-refractivity contribution in [2.24, 2.45) is 5.92 Å². The minimum atomic E-state index is 0.640. The first-order valence-corrected chi connectivity index (χ1v) is 6.61. The standard InChI is InChI=1S/C13H19Cl2NO/c1-10(2)3-5-17-6-4-16-13-8-11(14)7-12(15)9-13/h7-10,16H,3-6H2,1-2H3. The Morgan fingerprint density at radius 3 is 2.35 bits per heavy atom. The number of rotatable bonds is 7.